The number of nitrogens with zero attached hydrogens (tertiary/aromatic N) is 3. The third kappa shape index (κ3) is 2.91. The second kappa shape index (κ2) is 6.48. The van der Waals surface area contributed by atoms with Crippen LogP contribution in [0.3, 0.4) is 0 Å². The summed E-state index contributed by atoms with van der Waals surface area (Å²) in [6.45, 7) is 2.05. The molecule has 2 bridgehead atoms. The van der Waals surface area contributed by atoms with E-state index in [1.807, 2.05) is 37.8 Å². The molecule has 3 aliphatic rings. The molecule has 4 heterocycles. The van der Waals surface area contributed by atoms with E-state index in [0.29, 0.717) is 23.3 Å². The highest BCUT2D eigenvalue weighted by Gasteiger charge is 2.45. The van der Waals surface area contributed by atoms with Gasteiger partial charge < -0.3 is 23.7 Å². The molecular formula is C20H23N3O4. The zero-order valence-electron chi connectivity index (χ0n) is 15.3. The Morgan fingerprint density at radius 2 is 1.96 bits per heavy atom. The number of fused-ring (bicyclic) bond motifs is 3. The minimum absolute atomic E-state index is 0.0734. The molecule has 0 aliphatic carbocycles. The monoisotopic (exact) mass is 369 g/mol. The predicted molar refractivity (Wildman–Crippen MR) is 96.8 cm³/mol. The number of hydrogen-bond acceptors (Lipinski definition) is 5. The molecule has 2 saturated heterocycles. The Kier molecular flexibility index (Phi) is 3.95. The first kappa shape index (κ1) is 16.5. The molecule has 142 valence electrons. The Labute approximate surface area is 157 Å². The fourth-order valence-electron chi connectivity index (χ4n) is 4.65. The van der Waals surface area contributed by atoms with Gasteiger partial charge in [-0.15, -0.1) is 0 Å². The molecule has 3 atom stereocenters. The van der Waals surface area contributed by atoms with E-state index in [1.54, 1.807) is 6.07 Å². The average Bonchev–Trinajstić information content (AvgIpc) is 3.40. The lowest BCUT2D eigenvalue weighted by Crippen LogP contribution is -2.51. The molecule has 27 heavy (non-hydrogen) atoms. The first-order valence-electron chi connectivity index (χ1n) is 9.55. The van der Waals surface area contributed by atoms with Crippen LogP contribution < -0.4 is 14.2 Å². The van der Waals surface area contributed by atoms with E-state index in [2.05, 4.69) is 14.5 Å². The van der Waals surface area contributed by atoms with Crippen LogP contribution in [0.4, 0.5) is 0 Å². The number of piperidine rings is 1. The zero-order valence-corrected chi connectivity index (χ0v) is 15.3. The van der Waals surface area contributed by atoms with Crippen LogP contribution in [0.25, 0.3) is 0 Å². The largest absolute Gasteiger partial charge is 0.481 e. The number of hydrogen-bond donors (Lipinski definition) is 0. The van der Waals surface area contributed by atoms with Gasteiger partial charge in [0.25, 0.3) is 5.91 Å². The smallest absolute Gasteiger partial charge is 0.263 e. The number of imidazole rings is 1. The van der Waals surface area contributed by atoms with Crippen molar-refractivity contribution in [3.63, 3.8) is 0 Å². The molecule has 0 radical (unpaired) electrons. The molecule has 7 heteroatoms. The molecule has 0 N–H and O–H groups in total. The van der Waals surface area contributed by atoms with Crippen LogP contribution in [0.5, 0.6) is 17.2 Å². The number of amides is 1. The number of rotatable bonds is 4. The van der Waals surface area contributed by atoms with Crippen molar-refractivity contribution < 1.29 is 19.0 Å². The summed E-state index contributed by atoms with van der Waals surface area (Å²) in [5, 5.41) is 0. The molecule has 1 amide bonds. The van der Waals surface area contributed by atoms with Gasteiger partial charge in [-0.05, 0) is 44.7 Å². The van der Waals surface area contributed by atoms with E-state index in [0.717, 1.165) is 25.7 Å². The Balaban J connectivity index is 1.27. The Hall–Kier alpha value is -2.70. The van der Waals surface area contributed by atoms with Crippen molar-refractivity contribution in [2.75, 3.05) is 6.79 Å². The maximum Gasteiger partial charge on any atom is 0.263 e. The van der Waals surface area contributed by atoms with Crippen LogP contribution in [-0.4, -0.2) is 45.3 Å². The summed E-state index contributed by atoms with van der Waals surface area (Å²) in [5.74, 6) is 2.07. The van der Waals surface area contributed by atoms with Crippen molar-refractivity contribution in [1.29, 1.82) is 0 Å². The molecule has 0 spiro atoms. The number of aromatic nitrogens is 2. The van der Waals surface area contributed by atoms with Crippen LogP contribution >= 0.6 is 0 Å². The lowest BCUT2D eigenvalue weighted by Gasteiger charge is -2.40. The van der Waals surface area contributed by atoms with Crippen molar-refractivity contribution in [2.24, 2.45) is 0 Å². The molecule has 7 nitrogen and oxygen atoms in total. The molecule has 1 aromatic heterocycles. The number of benzene rings is 1. The normalized spacial score (nSPS) is 26.9. The summed E-state index contributed by atoms with van der Waals surface area (Å²) in [7, 11) is 0. The van der Waals surface area contributed by atoms with E-state index in [1.165, 1.54) is 0 Å². The van der Waals surface area contributed by atoms with E-state index < -0.39 is 6.10 Å². The van der Waals surface area contributed by atoms with Gasteiger partial charge in [-0.3, -0.25) is 4.79 Å². The second-order valence-electron chi connectivity index (χ2n) is 7.54. The van der Waals surface area contributed by atoms with Gasteiger partial charge in [0.1, 0.15) is 5.75 Å². The molecule has 0 saturated carbocycles. The van der Waals surface area contributed by atoms with Gasteiger partial charge in [0.2, 0.25) is 6.79 Å². The summed E-state index contributed by atoms with van der Waals surface area (Å²) in [5.41, 5.74) is 0. The fraction of sp³-hybridized carbons (Fsp3) is 0.500. The minimum Gasteiger partial charge on any atom is -0.481 e. The van der Waals surface area contributed by atoms with Gasteiger partial charge in [-0.2, -0.15) is 0 Å². The molecule has 1 aromatic carbocycles. The van der Waals surface area contributed by atoms with Crippen molar-refractivity contribution in [2.45, 2.75) is 56.8 Å². The zero-order chi connectivity index (χ0) is 18.4. The number of ether oxygens (including phenoxy) is 3. The lowest BCUT2D eigenvalue weighted by atomic mass is 9.96. The molecule has 3 unspecified atom stereocenters. The van der Waals surface area contributed by atoms with Gasteiger partial charge in [-0.1, -0.05) is 0 Å². The van der Waals surface area contributed by atoms with Crippen LogP contribution in [0.15, 0.2) is 36.9 Å². The highest BCUT2D eigenvalue weighted by atomic mass is 16.7. The van der Waals surface area contributed by atoms with E-state index in [4.69, 9.17) is 14.2 Å². The fourth-order valence-corrected chi connectivity index (χ4v) is 4.65. The third-order valence-corrected chi connectivity index (χ3v) is 5.91. The Bertz CT molecular complexity index is 824. The average molecular weight is 369 g/mol. The van der Waals surface area contributed by atoms with Gasteiger partial charge in [0.05, 0.1) is 6.33 Å². The van der Waals surface area contributed by atoms with Crippen LogP contribution in [0.2, 0.25) is 0 Å². The maximum absolute atomic E-state index is 13.1. The summed E-state index contributed by atoms with van der Waals surface area (Å²) in [6, 6.07) is 6.41. The predicted octanol–water partition coefficient (Wildman–Crippen LogP) is 2.77. The summed E-state index contributed by atoms with van der Waals surface area (Å²) in [6.07, 6.45) is 9.29. The van der Waals surface area contributed by atoms with Gasteiger partial charge >= 0.3 is 0 Å². The maximum atomic E-state index is 13.1. The second-order valence-corrected chi connectivity index (χ2v) is 7.54. The summed E-state index contributed by atoms with van der Waals surface area (Å²) >= 11 is 0. The van der Waals surface area contributed by atoms with E-state index in [-0.39, 0.29) is 24.8 Å². The Morgan fingerprint density at radius 3 is 2.70 bits per heavy atom. The van der Waals surface area contributed by atoms with Gasteiger partial charge in [-0.25, -0.2) is 4.98 Å². The van der Waals surface area contributed by atoms with E-state index >= 15 is 0 Å². The quantitative estimate of drug-likeness (QED) is 0.829. The summed E-state index contributed by atoms with van der Waals surface area (Å²) in [4.78, 5) is 19.4. The topological polar surface area (TPSA) is 65.8 Å². The van der Waals surface area contributed by atoms with Crippen LogP contribution in [0, 0.1) is 0 Å². The SMILES string of the molecule is CC(Oc1ccc2c(c1)OCO2)C(=O)N1C2CCC1CC(n1ccnc1)C2. The van der Waals surface area contributed by atoms with Crippen molar-refractivity contribution in [1.82, 2.24) is 14.5 Å². The minimum atomic E-state index is -0.529. The van der Waals surface area contributed by atoms with Gasteiger partial charge in [0.15, 0.2) is 17.6 Å². The standard InChI is InChI=1S/C20H23N3O4/c1-13(27-17-4-5-18-19(10-17)26-12-25-18)20(24)23-14-2-3-15(23)9-16(8-14)22-7-6-21-11-22/h4-7,10-11,13-16H,2-3,8-9,12H2,1H3. The van der Waals surface area contributed by atoms with Crippen LogP contribution in [-0.2, 0) is 4.79 Å². The molecule has 2 aromatic rings. The molecule has 5 rings (SSSR count). The highest BCUT2D eigenvalue weighted by Crippen LogP contribution is 2.41. The highest BCUT2D eigenvalue weighted by molar-refractivity contribution is 5.82. The van der Waals surface area contributed by atoms with E-state index in [9.17, 15) is 4.79 Å². The number of carbonyl (C=O) groups is 1. The Morgan fingerprint density at radius 1 is 1.19 bits per heavy atom. The summed E-state index contributed by atoms with van der Waals surface area (Å²) < 4.78 is 18.8. The van der Waals surface area contributed by atoms with Crippen LogP contribution in [0.1, 0.15) is 38.6 Å². The molecular weight excluding hydrogens is 346 g/mol. The van der Waals surface area contributed by atoms with Crippen molar-refractivity contribution in [3.05, 3.63) is 36.9 Å². The van der Waals surface area contributed by atoms with Gasteiger partial charge in [0, 0.05) is 36.6 Å². The lowest BCUT2D eigenvalue weighted by molar-refractivity contribution is -0.143. The third-order valence-electron chi connectivity index (χ3n) is 5.91. The van der Waals surface area contributed by atoms with Crippen molar-refractivity contribution >= 4 is 5.91 Å². The first-order chi connectivity index (χ1) is 13.2. The van der Waals surface area contributed by atoms with Crippen molar-refractivity contribution in [3.8, 4) is 17.2 Å². The number of carbonyl (C=O) groups excluding carboxylic acids is 1. The first-order valence-corrected chi connectivity index (χ1v) is 9.55. The molecule has 3 aliphatic heterocycles. The molecule has 2 fully saturated rings.